The molecule has 0 radical (unpaired) electrons. The van der Waals surface area contributed by atoms with Crippen LogP contribution < -0.4 is 0 Å². The smallest absolute Gasteiger partial charge is 0.0316 e. The Kier molecular flexibility index (Phi) is 6.57. The van der Waals surface area contributed by atoms with E-state index in [-0.39, 0.29) is 6.40 Å². The van der Waals surface area contributed by atoms with E-state index in [2.05, 4.69) is 59.9 Å². The van der Waals surface area contributed by atoms with Crippen molar-refractivity contribution in [1.29, 1.82) is 0 Å². The van der Waals surface area contributed by atoms with E-state index in [1.807, 2.05) is 0 Å². The van der Waals surface area contributed by atoms with Gasteiger partial charge in [0.2, 0.25) is 0 Å². The molecular weight excluding hydrogens is 348 g/mol. The fourth-order valence-corrected chi connectivity index (χ4v) is 6.62. The second-order valence-corrected chi connectivity index (χ2v) is 11.8. The summed E-state index contributed by atoms with van der Waals surface area (Å²) in [5, 5.41) is 0. The molecule has 0 heterocycles. The highest BCUT2D eigenvalue weighted by molar-refractivity contribution is 5.39. The minimum atomic E-state index is -0.151. The minimum absolute atomic E-state index is 0.151. The summed E-state index contributed by atoms with van der Waals surface area (Å²) in [6.07, 6.45) is 17.1. The lowest BCUT2D eigenvalue weighted by Gasteiger charge is -2.44. The third-order valence-corrected chi connectivity index (χ3v) is 8.31. The topological polar surface area (TPSA) is 0 Å². The van der Waals surface area contributed by atoms with Gasteiger partial charge in [-0.1, -0.05) is 83.9 Å². The standard InChI is InChI=1S/C29H46/c1-21-12-13-24(23(3)20-21)14-15-25-11-9-19-29(7)26(16-17-27(25)29)22(2)10-8-18-28(4,5)6/h14-15,22,26-27H,1,3,8-13,16-20H2,2,4-7H3/b24-14-,25-15+/t22-,26?,27?,29-/m1/s1/i12T/t12-,22-,26?,27?,29-. The number of rotatable bonds is 5. The van der Waals surface area contributed by atoms with Crippen molar-refractivity contribution in [3.05, 3.63) is 47.6 Å². The van der Waals surface area contributed by atoms with Crippen LogP contribution >= 0.6 is 0 Å². The third kappa shape index (κ3) is 5.36. The summed E-state index contributed by atoms with van der Waals surface area (Å²) in [5.41, 5.74) is 6.11. The molecule has 0 aliphatic heterocycles. The van der Waals surface area contributed by atoms with Crippen LogP contribution in [0, 0.1) is 28.6 Å². The molecule has 162 valence electrons. The van der Waals surface area contributed by atoms with E-state index >= 15 is 0 Å². The molecule has 3 fully saturated rings. The maximum absolute atomic E-state index is 8.24. The van der Waals surface area contributed by atoms with Crippen LogP contribution in [0.15, 0.2) is 47.6 Å². The van der Waals surface area contributed by atoms with Gasteiger partial charge in [-0.25, -0.2) is 0 Å². The summed E-state index contributed by atoms with van der Waals surface area (Å²) in [7, 11) is 0. The van der Waals surface area contributed by atoms with Crippen molar-refractivity contribution in [2.75, 3.05) is 0 Å². The van der Waals surface area contributed by atoms with E-state index in [1.165, 1.54) is 62.5 Å². The van der Waals surface area contributed by atoms with E-state index in [9.17, 15) is 0 Å². The summed E-state index contributed by atoms with van der Waals surface area (Å²) in [5.74, 6) is 2.48. The Bertz CT molecular complexity index is 715. The zero-order chi connectivity index (χ0) is 22.1. The fourth-order valence-electron chi connectivity index (χ4n) is 6.62. The quantitative estimate of drug-likeness (QED) is 0.406. The van der Waals surface area contributed by atoms with Crippen molar-refractivity contribution in [1.82, 2.24) is 0 Å². The van der Waals surface area contributed by atoms with Crippen molar-refractivity contribution >= 4 is 0 Å². The minimum Gasteiger partial charge on any atom is -0.0995 e. The Hall–Kier alpha value is -1.04. The van der Waals surface area contributed by atoms with Gasteiger partial charge in [-0.2, -0.15) is 0 Å². The largest absolute Gasteiger partial charge is 0.0995 e. The van der Waals surface area contributed by atoms with Crippen LogP contribution in [0.5, 0.6) is 0 Å². The zero-order valence-electron chi connectivity index (χ0n) is 20.9. The highest BCUT2D eigenvalue weighted by Crippen LogP contribution is 2.60. The molecule has 3 saturated carbocycles. The van der Waals surface area contributed by atoms with Crippen LogP contribution in [0.4, 0.5) is 0 Å². The number of fused-ring (bicyclic) bond motifs is 1. The first-order valence-corrected chi connectivity index (χ1v) is 12.2. The van der Waals surface area contributed by atoms with Crippen LogP contribution in [0.1, 0.15) is 107 Å². The molecule has 0 aromatic rings. The SMILES string of the molecule is [3H][C@@H]1C/C(=C/C=C2\CCC[C@@]3(C)C2CCC3[C@H](C)CCCC(C)(C)C)C(=C)CC1=C. The lowest BCUT2D eigenvalue weighted by molar-refractivity contribution is 0.0920. The van der Waals surface area contributed by atoms with Gasteiger partial charge in [-0.3, -0.25) is 0 Å². The molecule has 0 nitrogen and oxygen atoms in total. The third-order valence-electron chi connectivity index (χ3n) is 8.31. The molecule has 0 heteroatoms. The molecule has 0 amide bonds. The van der Waals surface area contributed by atoms with Crippen LogP contribution in [-0.4, -0.2) is 0 Å². The average Bonchev–Trinajstić information content (AvgIpc) is 3.00. The van der Waals surface area contributed by atoms with Crippen molar-refractivity contribution < 1.29 is 1.37 Å². The van der Waals surface area contributed by atoms with E-state index in [0.717, 1.165) is 36.2 Å². The van der Waals surface area contributed by atoms with E-state index in [1.54, 1.807) is 5.57 Å². The van der Waals surface area contributed by atoms with Crippen molar-refractivity contribution in [3.8, 4) is 0 Å². The molecule has 3 aliphatic carbocycles. The van der Waals surface area contributed by atoms with Gasteiger partial charge in [0.1, 0.15) is 0 Å². The Morgan fingerprint density at radius 3 is 2.69 bits per heavy atom. The van der Waals surface area contributed by atoms with Gasteiger partial charge in [-0.05, 0) is 97.5 Å². The van der Waals surface area contributed by atoms with Gasteiger partial charge < -0.3 is 0 Å². The van der Waals surface area contributed by atoms with Crippen LogP contribution in [0.25, 0.3) is 0 Å². The van der Waals surface area contributed by atoms with Crippen LogP contribution in [0.3, 0.4) is 0 Å². The molecule has 0 aromatic carbocycles. The monoisotopic (exact) mass is 396 g/mol. The molecule has 2 unspecified atom stereocenters. The molecule has 29 heavy (non-hydrogen) atoms. The van der Waals surface area contributed by atoms with E-state index in [4.69, 9.17) is 1.37 Å². The zero-order valence-corrected chi connectivity index (χ0v) is 19.9. The first kappa shape index (κ1) is 21.2. The van der Waals surface area contributed by atoms with E-state index in [0.29, 0.717) is 10.8 Å². The Morgan fingerprint density at radius 1 is 1.21 bits per heavy atom. The molecular formula is C29H46. The molecule has 0 aromatic heterocycles. The van der Waals surface area contributed by atoms with E-state index < -0.39 is 0 Å². The second-order valence-electron chi connectivity index (χ2n) is 11.8. The lowest BCUT2D eigenvalue weighted by Crippen LogP contribution is -2.36. The highest BCUT2D eigenvalue weighted by Gasteiger charge is 2.50. The molecule has 5 atom stereocenters. The Morgan fingerprint density at radius 2 is 1.97 bits per heavy atom. The van der Waals surface area contributed by atoms with Crippen LogP contribution in [0.2, 0.25) is 0 Å². The maximum atomic E-state index is 8.24. The molecule has 3 aliphatic rings. The lowest BCUT2D eigenvalue weighted by atomic mass is 9.60. The van der Waals surface area contributed by atoms with Crippen molar-refractivity contribution in [2.24, 2.45) is 28.6 Å². The van der Waals surface area contributed by atoms with Crippen molar-refractivity contribution in [3.63, 3.8) is 0 Å². The van der Waals surface area contributed by atoms with Crippen LogP contribution in [-0.2, 0) is 0 Å². The summed E-state index contributed by atoms with van der Waals surface area (Å²) in [6.45, 7) is 20.6. The number of hydrogen-bond donors (Lipinski definition) is 0. The summed E-state index contributed by atoms with van der Waals surface area (Å²) >= 11 is 0. The van der Waals surface area contributed by atoms with Gasteiger partial charge in [0.05, 0.1) is 0 Å². The summed E-state index contributed by atoms with van der Waals surface area (Å²) in [6, 6.07) is 0. The van der Waals surface area contributed by atoms with Gasteiger partial charge in [0, 0.05) is 1.37 Å². The second kappa shape index (κ2) is 8.99. The molecule has 3 rings (SSSR count). The van der Waals surface area contributed by atoms with Gasteiger partial charge >= 0.3 is 0 Å². The Balaban J connectivity index is 1.69. The normalized spacial score (nSPS) is 37.7. The first-order chi connectivity index (χ1) is 14.0. The highest BCUT2D eigenvalue weighted by atomic mass is 14.5. The van der Waals surface area contributed by atoms with Crippen molar-refractivity contribution in [2.45, 2.75) is 105 Å². The molecule has 0 bridgehead atoms. The van der Waals surface area contributed by atoms with Gasteiger partial charge in [0.15, 0.2) is 0 Å². The van der Waals surface area contributed by atoms with Gasteiger partial charge in [-0.15, -0.1) is 0 Å². The Labute approximate surface area is 183 Å². The average molecular weight is 397 g/mol. The molecule has 0 N–H and O–H groups in total. The summed E-state index contributed by atoms with van der Waals surface area (Å²) in [4.78, 5) is 0. The van der Waals surface area contributed by atoms with Gasteiger partial charge in [0.25, 0.3) is 0 Å². The predicted octanol–water partition coefficient (Wildman–Crippen LogP) is 9.20. The molecule has 0 spiro atoms. The number of allylic oxidation sites excluding steroid dienone is 6. The fraction of sp³-hybridized carbons (Fsp3) is 0.724. The maximum Gasteiger partial charge on any atom is 0.0316 e. The number of hydrogen-bond acceptors (Lipinski definition) is 0. The first-order valence-electron chi connectivity index (χ1n) is 12.8. The molecule has 0 saturated heterocycles. The summed E-state index contributed by atoms with van der Waals surface area (Å²) < 4.78 is 8.24. The predicted molar refractivity (Wildman–Crippen MR) is 129 cm³/mol.